The molecule has 2 aliphatic heterocycles. The maximum Gasteiger partial charge on any atom is 0.330 e. The van der Waals surface area contributed by atoms with Gasteiger partial charge in [0.15, 0.2) is 0 Å². The lowest BCUT2D eigenvalue weighted by Gasteiger charge is -2.39. The Labute approximate surface area is 124 Å². The van der Waals surface area contributed by atoms with Crippen LogP contribution in [-0.4, -0.2) is 53.3 Å². The number of nitrogens with zero attached hydrogens (tertiary/aromatic N) is 2. The maximum absolute atomic E-state index is 12.7. The van der Waals surface area contributed by atoms with Crippen molar-refractivity contribution in [1.29, 1.82) is 0 Å². The highest BCUT2D eigenvalue weighted by Gasteiger charge is 2.55. The Morgan fingerprint density at radius 3 is 2.33 bits per heavy atom. The lowest BCUT2D eigenvalue weighted by Crippen LogP contribution is -2.64. The van der Waals surface area contributed by atoms with Crippen LogP contribution in [0.2, 0.25) is 0 Å². The number of carbonyl (C=O) groups is 3. The summed E-state index contributed by atoms with van der Waals surface area (Å²) in [6, 6.07) is -0.401. The van der Waals surface area contributed by atoms with Crippen LogP contribution in [0.3, 0.4) is 0 Å². The van der Waals surface area contributed by atoms with Crippen LogP contribution in [0.5, 0.6) is 0 Å². The molecule has 21 heavy (non-hydrogen) atoms. The SMILES string of the molecule is CC(CN1C(=O)NC(=O)C2(CCCC2)C1=O)N1CCCC1. The van der Waals surface area contributed by atoms with Crippen LogP contribution in [-0.2, 0) is 9.59 Å². The summed E-state index contributed by atoms with van der Waals surface area (Å²) >= 11 is 0. The van der Waals surface area contributed by atoms with E-state index < -0.39 is 11.4 Å². The first-order chi connectivity index (χ1) is 10.0. The van der Waals surface area contributed by atoms with Gasteiger partial charge in [-0.05, 0) is 45.7 Å². The van der Waals surface area contributed by atoms with Crippen molar-refractivity contribution >= 4 is 17.8 Å². The van der Waals surface area contributed by atoms with E-state index >= 15 is 0 Å². The highest BCUT2D eigenvalue weighted by Crippen LogP contribution is 2.41. The van der Waals surface area contributed by atoms with Crippen molar-refractivity contribution in [3.63, 3.8) is 0 Å². The molecule has 0 bridgehead atoms. The van der Waals surface area contributed by atoms with Crippen molar-refractivity contribution < 1.29 is 14.4 Å². The summed E-state index contributed by atoms with van der Waals surface area (Å²) in [5.41, 5.74) is -0.974. The van der Waals surface area contributed by atoms with Gasteiger partial charge in [0.2, 0.25) is 11.8 Å². The Morgan fingerprint density at radius 1 is 1.10 bits per heavy atom. The van der Waals surface area contributed by atoms with E-state index in [0.717, 1.165) is 25.9 Å². The molecule has 1 aliphatic carbocycles. The van der Waals surface area contributed by atoms with Gasteiger partial charge < -0.3 is 0 Å². The molecule has 6 nitrogen and oxygen atoms in total. The third-order valence-corrected chi connectivity index (χ3v) is 5.22. The Bertz CT molecular complexity index is 465. The summed E-state index contributed by atoms with van der Waals surface area (Å²) in [6.45, 7) is 4.47. The van der Waals surface area contributed by atoms with E-state index in [0.29, 0.717) is 19.4 Å². The molecular weight excluding hydrogens is 270 g/mol. The number of nitrogens with one attached hydrogen (secondary N) is 1. The Kier molecular flexibility index (Phi) is 3.73. The fraction of sp³-hybridized carbons (Fsp3) is 0.800. The average molecular weight is 293 g/mol. The number of hydrogen-bond acceptors (Lipinski definition) is 4. The number of carbonyl (C=O) groups excluding carboxylic acids is 3. The lowest BCUT2D eigenvalue weighted by atomic mass is 9.82. The zero-order valence-corrected chi connectivity index (χ0v) is 12.6. The zero-order valence-electron chi connectivity index (χ0n) is 12.6. The van der Waals surface area contributed by atoms with Crippen LogP contribution in [0.25, 0.3) is 0 Å². The molecule has 0 aromatic rings. The number of imide groups is 2. The molecule has 1 N–H and O–H groups in total. The molecule has 1 saturated carbocycles. The number of urea groups is 1. The summed E-state index contributed by atoms with van der Waals surface area (Å²) in [5, 5.41) is 2.40. The molecule has 0 radical (unpaired) electrons. The van der Waals surface area contributed by atoms with Gasteiger partial charge >= 0.3 is 6.03 Å². The van der Waals surface area contributed by atoms with E-state index in [4.69, 9.17) is 0 Å². The number of amides is 4. The molecule has 0 aromatic carbocycles. The molecule has 3 aliphatic rings. The summed E-state index contributed by atoms with van der Waals surface area (Å²) in [5.74, 6) is -0.667. The predicted octanol–water partition coefficient (Wildman–Crippen LogP) is 1.11. The number of hydrogen-bond donors (Lipinski definition) is 1. The molecule has 1 atom stereocenters. The van der Waals surface area contributed by atoms with Gasteiger partial charge in [-0.1, -0.05) is 12.8 Å². The zero-order chi connectivity index (χ0) is 15.0. The van der Waals surface area contributed by atoms with Gasteiger partial charge in [-0.15, -0.1) is 0 Å². The highest BCUT2D eigenvalue weighted by molar-refractivity contribution is 6.19. The third kappa shape index (κ3) is 2.35. The molecular formula is C15H23N3O3. The van der Waals surface area contributed by atoms with Gasteiger partial charge in [-0.25, -0.2) is 4.79 Å². The highest BCUT2D eigenvalue weighted by atomic mass is 16.2. The van der Waals surface area contributed by atoms with E-state index in [-0.39, 0.29) is 17.9 Å². The van der Waals surface area contributed by atoms with Crippen LogP contribution in [0, 0.1) is 5.41 Å². The van der Waals surface area contributed by atoms with E-state index in [2.05, 4.69) is 10.2 Å². The van der Waals surface area contributed by atoms with E-state index in [9.17, 15) is 14.4 Å². The first-order valence-electron chi connectivity index (χ1n) is 7.96. The first kappa shape index (κ1) is 14.5. The van der Waals surface area contributed by atoms with E-state index in [1.54, 1.807) is 0 Å². The second-order valence-electron chi connectivity index (χ2n) is 6.56. The molecule has 3 fully saturated rings. The Hall–Kier alpha value is -1.43. The quantitative estimate of drug-likeness (QED) is 0.791. The molecule has 6 heteroatoms. The van der Waals surface area contributed by atoms with Crippen molar-refractivity contribution in [2.75, 3.05) is 19.6 Å². The molecule has 4 amide bonds. The monoisotopic (exact) mass is 293 g/mol. The molecule has 1 unspecified atom stereocenters. The standard InChI is InChI=1S/C15H23N3O3/c1-11(17-8-4-5-9-17)10-18-13(20)15(6-2-3-7-15)12(19)16-14(18)21/h11H,2-10H2,1H3,(H,16,19,21). The van der Waals surface area contributed by atoms with Crippen LogP contribution in [0.15, 0.2) is 0 Å². The minimum absolute atomic E-state index is 0.147. The predicted molar refractivity (Wildman–Crippen MR) is 76.4 cm³/mol. The minimum Gasteiger partial charge on any atom is -0.299 e. The molecule has 116 valence electrons. The van der Waals surface area contributed by atoms with Gasteiger partial charge in [0.05, 0.1) is 0 Å². The van der Waals surface area contributed by atoms with Crippen LogP contribution >= 0.6 is 0 Å². The topological polar surface area (TPSA) is 69.7 Å². The van der Waals surface area contributed by atoms with Crippen molar-refractivity contribution in [1.82, 2.24) is 15.1 Å². The molecule has 1 spiro atoms. The second kappa shape index (κ2) is 5.40. The van der Waals surface area contributed by atoms with Crippen LogP contribution in [0.1, 0.15) is 45.4 Å². The van der Waals surface area contributed by atoms with E-state index in [1.807, 2.05) is 6.92 Å². The number of barbiturate groups is 1. The van der Waals surface area contributed by atoms with Crippen LogP contribution in [0.4, 0.5) is 4.79 Å². The fourth-order valence-corrected chi connectivity index (χ4v) is 3.88. The maximum atomic E-state index is 12.7. The largest absolute Gasteiger partial charge is 0.330 e. The van der Waals surface area contributed by atoms with Crippen molar-refractivity contribution in [3.05, 3.63) is 0 Å². The normalized spacial score (nSPS) is 27.5. The molecule has 2 saturated heterocycles. The fourth-order valence-electron chi connectivity index (χ4n) is 3.88. The minimum atomic E-state index is -0.974. The molecule has 3 rings (SSSR count). The van der Waals surface area contributed by atoms with Crippen molar-refractivity contribution in [2.45, 2.75) is 51.5 Å². The van der Waals surface area contributed by atoms with Gasteiger partial charge in [0.1, 0.15) is 5.41 Å². The summed E-state index contributed by atoms with van der Waals surface area (Å²) in [7, 11) is 0. The van der Waals surface area contributed by atoms with Crippen LogP contribution < -0.4 is 5.32 Å². The molecule has 2 heterocycles. The van der Waals surface area contributed by atoms with Gasteiger partial charge in [0, 0.05) is 12.6 Å². The lowest BCUT2D eigenvalue weighted by molar-refractivity contribution is -0.151. The Balaban J connectivity index is 1.75. The first-order valence-corrected chi connectivity index (χ1v) is 7.96. The summed E-state index contributed by atoms with van der Waals surface area (Å²) < 4.78 is 0. The van der Waals surface area contributed by atoms with Crippen molar-refractivity contribution in [3.8, 4) is 0 Å². The Morgan fingerprint density at radius 2 is 1.71 bits per heavy atom. The second-order valence-corrected chi connectivity index (χ2v) is 6.56. The smallest absolute Gasteiger partial charge is 0.299 e. The third-order valence-electron chi connectivity index (χ3n) is 5.22. The van der Waals surface area contributed by atoms with Crippen molar-refractivity contribution in [2.24, 2.45) is 5.41 Å². The summed E-state index contributed by atoms with van der Waals surface area (Å²) in [6.07, 6.45) is 5.24. The van der Waals surface area contributed by atoms with E-state index in [1.165, 1.54) is 17.7 Å². The number of likely N-dealkylation sites (tertiary alicyclic amines) is 1. The van der Waals surface area contributed by atoms with Gasteiger partial charge in [0.25, 0.3) is 0 Å². The van der Waals surface area contributed by atoms with Gasteiger partial charge in [-0.3, -0.25) is 24.7 Å². The number of rotatable bonds is 3. The molecule has 0 aromatic heterocycles. The average Bonchev–Trinajstić information content (AvgIpc) is 3.12. The summed E-state index contributed by atoms with van der Waals surface area (Å²) in [4.78, 5) is 40.5. The van der Waals surface area contributed by atoms with Gasteiger partial charge in [-0.2, -0.15) is 0 Å².